The van der Waals surface area contributed by atoms with Gasteiger partial charge in [-0.1, -0.05) is 48.5 Å². The second-order valence-electron chi connectivity index (χ2n) is 8.89. The Hall–Kier alpha value is -4.73. The molecule has 194 valence electrons. The van der Waals surface area contributed by atoms with Crippen molar-refractivity contribution in [1.29, 1.82) is 0 Å². The molecule has 0 spiro atoms. The molecule has 0 aliphatic carbocycles. The van der Waals surface area contributed by atoms with E-state index in [9.17, 15) is 23.6 Å². The van der Waals surface area contributed by atoms with Gasteiger partial charge < -0.3 is 24.6 Å². The van der Waals surface area contributed by atoms with Crippen LogP contribution >= 0.6 is 0 Å². The number of carbonyl (C=O) groups excluding carboxylic acids is 4. The number of fused-ring (bicyclic) bond motifs is 1. The summed E-state index contributed by atoms with van der Waals surface area (Å²) in [5.74, 6) is -2.38. The molecule has 1 N–H and O–H groups in total. The summed E-state index contributed by atoms with van der Waals surface area (Å²) in [4.78, 5) is 54.5. The lowest BCUT2D eigenvalue weighted by Crippen LogP contribution is -2.71. The third-order valence-electron chi connectivity index (χ3n) is 6.42. The molecule has 38 heavy (non-hydrogen) atoms. The van der Waals surface area contributed by atoms with E-state index in [1.807, 2.05) is 12.1 Å². The van der Waals surface area contributed by atoms with Crippen molar-refractivity contribution >= 4 is 23.7 Å². The number of β-lactam (4-membered cyclic amide) rings is 1. The number of ether oxygens (including phenoxy) is 2. The Morgan fingerprint density at radius 2 is 1.58 bits per heavy atom. The first-order valence-electron chi connectivity index (χ1n) is 12.0. The fourth-order valence-corrected chi connectivity index (χ4v) is 4.55. The average molecular weight is 518 g/mol. The zero-order chi connectivity index (χ0) is 26.6. The Kier molecular flexibility index (Phi) is 7.03. The van der Waals surface area contributed by atoms with Crippen molar-refractivity contribution in [2.75, 3.05) is 13.2 Å². The molecule has 2 saturated heterocycles. The van der Waals surface area contributed by atoms with Gasteiger partial charge in [0.05, 0.1) is 6.04 Å². The molecule has 5 rings (SSSR count). The smallest absolute Gasteiger partial charge is 0.350 e. The number of para-hydroxylation sites is 1. The van der Waals surface area contributed by atoms with E-state index in [-0.39, 0.29) is 25.3 Å². The SMILES string of the molecule is O=C(COc1ccccc1)N[C@@H]1C(=O)N2C1CN(C(=O)c1ccc(F)cc1)C2C(=O)OCc1ccccc1. The maximum absolute atomic E-state index is 13.4. The van der Waals surface area contributed by atoms with Gasteiger partial charge >= 0.3 is 5.97 Å². The number of amides is 3. The number of esters is 1. The highest BCUT2D eigenvalue weighted by Crippen LogP contribution is 2.34. The minimum absolute atomic E-state index is 0.0163. The van der Waals surface area contributed by atoms with Gasteiger partial charge in [-0.3, -0.25) is 14.4 Å². The lowest BCUT2D eigenvalue weighted by atomic mass is 9.96. The second kappa shape index (κ2) is 10.7. The van der Waals surface area contributed by atoms with Crippen LogP contribution in [0.25, 0.3) is 0 Å². The molecule has 2 aliphatic heterocycles. The third kappa shape index (κ3) is 5.06. The van der Waals surface area contributed by atoms with Crippen LogP contribution in [0.4, 0.5) is 4.39 Å². The average Bonchev–Trinajstić information content (AvgIpc) is 3.31. The first kappa shape index (κ1) is 24.9. The Bertz CT molecular complexity index is 1340. The Balaban J connectivity index is 1.30. The minimum atomic E-state index is -1.32. The summed E-state index contributed by atoms with van der Waals surface area (Å²) in [5.41, 5.74) is 0.893. The first-order chi connectivity index (χ1) is 18.4. The van der Waals surface area contributed by atoms with Crippen molar-refractivity contribution in [2.24, 2.45) is 0 Å². The zero-order valence-corrected chi connectivity index (χ0v) is 20.2. The monoisotopic (exact) mass is 517 g/mol. The fourth-order valence-electron chi connectivity index (χ4n) is 4.55. The summed E-state index contributed by atoms with van der Waals surface area (Å²) >= 11 is 0. The number of benzene rings is 3. The van der Waals surface area contributed by atoms with E-state index in [1.165, 1.54) is 21.9 Å². The summed E-state index contributed by atoms with van der Waals surface area (Å²) in [5, 5.41) is 2.64. The standard InChI is InChI=1S/C28H24FN3O6/c29-20-13-11-19(12-14-20)26(34)31-15-22-24(30-23(33)17-37-21-9-5-2-6-10-21)27(35)32(22)25(31)28(36)38-16-18-7-3-1-4-8-18/h1-14,22,24-25H,15-17H2,(H,30,33)/t22?,24-,25?/m0/s1. The van der Waals surface area contributed by atoms with Crippen LogP contribution in [0, 0.1) is 5.82 Å². The van der Waals surface area contributed by atoms with Crippen LogP contribution in [0.5, 0.6) is 5.75 Å². The maximum atomic E-state index is 13.4. The minimum Gasteiger partial charge on any atom is -0.484 e. The van der Waals surface area contributed by atoms with Crippen LogP contribution in [-0.4, -0.2) is 64.9 Å². The van der Waals surface area contributed by atoms with Gasteiger partial charge in [0.15, 0.2) is 6.61 Å². The highest BCUT2D eigenvalue weighted by Gasteiger charge is 2.61. The normalized spacial score (nSPS) is 19.8. The van der Waals surface area contributed by atoms with Crippen molar-refractivity contribution in [3.63, 3.8) is 0 Å². The van der Waals surface area contributed by atoms with E-state index in [1.54, 1.807) is 48.5 Å². The Morgan fingerprint density at radius 1 is 0.921 bits per heavy atom. The molecule has 10 heteroatoms. The van der Waals surface area contributed by atoms with Gasteiger partial charge in [0.2, 0.25) is 12.1 Å². The van der Waals surface area contributed by atoms with Crippen LogP contribution in [0.15, 0.2) is 84.9 Å². The Labute approximate surface area is 217 Å². The lowest BCUT2D eigenvalue weighted by Gasteiger charge is -2.43. The fraction of sp³-hybridized carbons (Fsp3) is 0.214. The topological polar surface area (TPSA) is 105 Å². The molecular formula is C28H24FN3O6. The van der Waals surface area contributed by atoms with Gasteiger partial charge in [0.1, 0.15) is 24.2 Å². The largest absolute Gasteiger partial charge is 0.484 e. The summed E-state index contributed by atoms with van der Waals surface area (Å²) in [6.07, 6.45) is -1.32. The van der Waals surface area contributed by atoms with Crippen molar-refractivity contribution in [1.82, 2.24) is 15.1 Å². The molecule has 9 nitrogen and oxygen atoms in total. The molecular weight excluding hydrogens is 493 g/mol. The molecule has 2 fully saturated rings. The molecule has 0 radical (unpaired) electrons. The van der Waals surface area contributed by atoms with Gasteiger partial charge in [-0.05, 0) is 42.0 Å². The number of nitrogens with one attached hydrogen (secondary N) is 1. The van der Waals surface area contributed by atoms with Gasteiger partial charge in [0, 0.05) is 12.1 Å². The predicted octanol–water partition coefficient (Wildman–Crippen LogP) is 2.13. The van der Waals surface area contributed by atoms with Crippen molar-refractivity contribution in [2.45, 2.75) is 24.9 Å². The highest BCUT2D eigenvalue weighted by molar-refractivity contribution is 6.02. The zero-order valence-electron chi connectivity index (χ0n) is 20.2. The van der Waals surface area contributed by atoms with E-state index in [4.69, 9.17) is 9.47 Å². The molecule has 2 heterocycles. The van der Waals surface area contributed by atoms with Crippen LogP contribution in [0.2, 0.25) is 0 Å². The van der Waals surface area contributed by atoms with Crippen LogP contribution < -0.4 is 10.1 Å². The van der Waals surface area contributed by atoms with Gasteiger partial charge in [-0.2, -0.15) is 0 Å². The van der Waals surface area contributed by atoms with Crippen molar-refractivity contribution in [3.8, 4) is 5.75 Å². The van der Waals surface area contributed by atoms with E-state index in [0.717, 1.165) is 17.7 Å². The first-order valence-corrected chi connectivity index (χ1v) is 12.0. The van der Waals surface area contributed by atoms with Crippen LogP contribution in [-0.2, 0) is 25.7 Å². The quantitative estimate of drug-likeness (QED) is 0.363. The number of rotatable bonds is 8. The predicted molar refractivity (Wildman–Crippen MR) is 132 cm³/mol. The van der Waals surface area contributed by atoms with Gasteiger partial charge in [-0.15, -0.1) is 0 Å². The van der Waals surface area contributed by atoms with Crippen LogP contribution in [0.1, 0.15) is 15.9 Å². The van der Waals surface area contributed by atoms with E-state index in [0.29, 0.717) is 5.75 Å². The molecule has 0 bridgehead atoms. The second-order valence-corrected chi connectivity index (χ2v) is 8.89. The maximum Gasteiger partial charge on any atom is 0.350 e. The number of carbonyl (C=O) groups is 4. The molecule has 0 saturated carbocycles. The molecule has 2 unspecified atom stereocenters. The van der Waals surface area contributed by atoms with Crippen molar-refractivity contribution < 1.29 is 33.0 Å². The van der Waals surface area contributed by atoms with E-state index >= 15 is 0 Å². The molecule has 3 aromatic carbocycles. The number of hydrogen-bond donors (Lipinski definition) is 1. The summed E-state index contributed by atoms with van der Waals surface area (Å²) < 4.78 is 24.3. The molecule has 3 atom stereocenters. The van der Waals surface area contributed by atoms with E-state index in [2.05, 4.69) is 5.32 Å². The van der Waals surface area contributed by atoms with E-state index < -0.39 is 47.8 Å². The highest BCUT2D eigenvalue weighted by atomic mass is 19.1. The summed E-state index contributed by atoms with van der Waals surface area (Å²) in [6, 6.07) is 21.1. The number of halogens is 1. The van der Waals surface area contributed by atoms with Crippen LogP contribution in [0.3, 0.4) is 0 Å². The molecule has 3 amide bonds. The summed E-state index contributed by atoms with van der Waals surface area (Å²) in [7, 11) is 0. The number of hydrogen-bond acceptors (Lipinski definition) is 6. The van der Waals surface area contributed by atoms with Crippen molar-refractivity contribution in [3.05, 3.63) is 102 Å². The summed E-state index contributed by atoms with van der Waals surface area (Å²) in [6.45, 7) is -0.364. The van der Waals surface area contributed by atoms with Gasteiger partial charge in [0.25, 0.3) is 11.8 Å². The molecule has 0 aromatic heterocycles. The molecule has 2 aliphatic rings. The number of nitrogens with zero attached hydrogens (tertiary/aromatic N) is 2. The molecule has 3 aromatic rings. The Morgan fingerprint density at radius 3 is 2.26 bits per heavy atom. The van der Waals surface area contributed by atoms with Gasteiger partial charge in [-0.25, -0.2) is 9.18 Å². The third-order valence-corrected chi connectivity index (χ3v) is 6.42. The lowest BCUT2D eigenvalue weighted by molar-refractivity contribution is -0.167.